The monoisotopic (exact) mass is 256 g/mol. The highest BCUT2D eigenvalue weighted by atomic mass is 32.1. The van der Waals surface area contributed by atoms with Gasteiger partial charge in [0.1, 0.15) is 10.8 Å². The Hall–Kier alpha value is -1.99. The number of hydrogen-bond acceptors (Lipinski definition) is 5. The second-order valence-electron chi connectivity index (χ2n) is 3.39. The minimum absolute atomic E-state index is 0. The third-order valence-corrected chi connectivity index (χ3v) is 3.42. The second-order valence-corrected chi connectivity index (χ2v) is 4.45. The maximum Gasteiger partial charge on any atom is 0.251 e. The van der Waals surface area contributed by atoms with E-state index in [-0.39, 0.29) is 23.1 Å². The molecule has 1 aromatic heterocycles. The molecule has 0 unspecified atom stereocenters. The van der Waals surface area contributed by atoms with E-state index in [2.05, 4.69) is 10.6 Å². The summed E-state index contributed by atoms with van der Waals surface area (Å²) in [7, 11) is 0. The van der Waals surface area contributed by atoms with Crippen LogP contribution in [0.2, 0.25) is 0 Å². The standard InChI is InChI=1S/C10H7FN2O2S.H2O/c11-4-1-2-5-6(3-4)16-10-7(5)12-8(14)9(15)13-10;/h1-3,12-15H;1H2. The molecule has 6 N–H and O–H groups in total. The fourth-order valence-corrected chi connectivity index (χ4v) is 2.71. The predicted molar refractivity (Wildman–Crippen MR) is 64.9 cm³/mol. The molecule has 1 aromatic carbocycles. The fraction of sp³-hybridized carbons (Fsp3) is 0. The maximum atomic E-state index is 13.0. The Kier molecular flexibility index (Phi) is 2.56. The Labute approximate surface area is 99.1 Å². The molecule has 0 atom stereocenters. The molecule has 1 aliphatic heterocycles. The first-order valence-electron chi connectivity index (χ1n) is 4.53. The van der Waals surface area contributed by atoms with E-state index in [1.54, 1.807) is 6.07 Å². The van der Waals surface area contributed by atoms with Crippen molar-refractivity contribution in [3.63, 3.8) is 0 Å². The van der Waals surface area contributed by atoms with Crippen LogP contribution in [0.1, 0.15) is 0 Å². The SMILES string of the molecule is O.OC1=C(O)Nc2c(sc3cc(F)ccc23)N1. The number of halogens is 1. The Bertz CT molecular complexity index is 623. The number of fused-ring (bicyclic) bond motifs is 3. The number of aliphatic hydroxyl groups excluding tert-OH is 2. The summed E-state index contributed by atoms with van der Waals surface area (Å²) in [4.78, 5) is 0. The highest BCUT2D eigenvalue weighted by Crippen LogP contribution is 2.43. The van der Waals surface area contributed by atoms with Gasteiger partial charge in [0, 0.05) is 10.1 Å². The number of nitrogens with one attached hydrogen (secondary N) is 2. The van der Waals surface area contributed by atoms with Crippen molar-refractivity contribution in [1.29, 1.82) is 0 Å². The summed E-state index contributed by atoms with van der Waals surface area (Å²) < 4.78 is 13.8. The van der Waals surface area contributed by atoms with E-state index in [4.69, 9.17) is 0 Å². The third-order valence-electron chi connectivity index (χ3n) is 2.35. The van der Waals surface area contributed by atoms with Crippen LogP contribution in [0.25, 0.3) is 10.1 Å². The van der Waals surface area contributed by atoms with E-state index in [0.717, 1.165) is 10.1 Å². The first-order valence-corrected chi connectivity index (χ1v) is 5.35. The topological polar surface area (TPSA) is 96.0 Å². The molecule has 0 radical (unpaired) electrons. The second kappa shape index (κ2) is 3.79. The Morgan fingerprint density at radius 2 is 1.82 bits per heavy atom. The lowest BCUT2D eigenvalue weighted by atomic mass is 10.2. The number of rotatable bonds is 0. The minimum atomic E-state index is -0.337. The quantitative estimate of drug-likeness (QED) is 0.581. The van der Waals surface area contributed by atoms with Crippen molar-refractivity contribution in [3.8, 4) is 0 Å². The lowest BCUT2D eigenvalue weighted by Gasteiger charge is -2.15. The molecule has 3 rings (SSSR count). The number of thiophene rings is 1. The van der Waals surface area contributed by atoms with Crippen LogP contribution in [0, 0.1) is 5.82 Å². The van der Waals surface area contributed by atoms with Crippen LogP contribution in [0.4, 0.5) is 15.1 Å². The van der Waals surface area contributed by atoms with E-state index < -0.39 is 0 Å². The van der Waals surface area contributed by atoms with Crippen LogP contribution in [-0.2, 0) is 0 Å². The van der Waals surface area contributed by atoms with Crippen LogP contribution in [-0.4, -0.2) is 15.7 Å². The third kappa shape index (κ3) is 1.65. The van der Waals surface area contributed by atoms with Crippen molar-refractivity contribution in [2.75, 3.05) is 10.6 Å². The van der Waals surface area contributed by atoms with Crippen molar-refractivity contribution >= 4 is 32.1 Å². The fourth-order valence-electron chi connectivity index (χ4n) is 1.63. The molecule has 90 valence electrons. The van der Waals surface area contributed by atoms with Crippen LogP contribution < -0.4 is 10.6 Å². The van der Waals surface area contributed by atoms with E-state index >= 15 is 0 Å². The smallest absolute Gasteiger partial charge is 0.251 e. The molecule has 0 aliphatic carbocycles. The summed E-state index contributed by atoms with van der Waals surface area (Å²) in [5, 5.41) is 25.4. The highest BCUT2D eigenvalue weighted by molar-refractivity contribution is 7.23. The molecule has 5 nitrogen and oxygen atoms in total. The van der Waals surface area contributed by atoms with Crippen molar-refractivity contribution < 1.29 is 20.1 Å². The van der Waals surface area contributed by atoms with E-state index in [1.165, 1.54) is 23.5 Å². The van der Waals surface area contributed by atoms with E-state index in [9.17, 15) is 14.6 Å². The van der Waals surface area contributed by atoms with Crippen molar-refractivity contribution in [2.24, 2.45) is 0 Å². The van der Waals surface area contributed by atoms with Gasteiger partial charge >= 0.3 is 0 Å². The first-order chi connectivity index (χ1) is 7.65. The lowest BCUT2D eigenvalue weighted by Crippen LogP contribution is -2.14. The van der Waals surface area contributed by atoms with Crippen molar-refractivity contribution in [1.82, 2.24) is 0 Å². The molecule has 0 spiro atoms. The summed E-state index contributed by atoms with van der Waals surface area (Å²) in [6.45, 7) is 0. The van der Waals surface area contributed by atoms with E-state index in [1.807, 2.05) is 0 Å². The average molecular weight is 256 g/mol. The molecule has 2 heterocycles. The van der Waals surface area contributed by atoms with E-state index in [0.29, 0.717) is 10.7 Å². The van der Waals surface area contributed by atoms with Crippen LogP contribution in [0.3, 0.4) is 0 Å². The average Bonchev–Trinajstić information content (AvgIpc) is 2.55. The number of benzene rings is 1. The molecule has 0 saturated heterocycles. The first kappa shape index (κ1) is 11.5. The van der Waals surface area contributed by atoms with Crippen LogP contribution >= 0.6 is 11.3 Å². The van der Waals surface area contributed by atoms with Gasteiger partial charge < -0.3 is 26.3 Å². The largest absolute Gasteiger partial charge is 0.491 e. The summed E-state index contributed by atoms with van der Waals surface area (Å²) in [5.74, 6) is -0.983. The zero-order valence-electron chi connectivity index (χ0n) is 8.41. The summed E-state index contributed by atoms with van der Waals surface area (Å²) >= 11 is 1.30. The van der Waals surface area contributed by atoms with Gasteiger partial charge in [-0.1, -0.05) is 0 Å². The summed E-state index contributed by atoms with van der Waals surface area (Å²) in [5.41, 5.74) is 0.648. The van der Waals surface area contributed by atoms with Gasteiger partial charge in [-0.15, -0.1) is 11.3 Å². The zero-order chi connectivity index (χ0) is 11.3. The molecular formula is C10H9FN2O3S. The van der Waals surface area contributed by atoms with Gasteiger partial charge in [0.25, 0.3) is 11.8 Å². The zero-order valence-corrected chi connectivity index (χ0v) is 9.23. The number of anilines is 2. The molecule has 1 aliphatic rings. The minimum Gasteiger partial charge on any atom is -0.491 e. The maximum absolute atomic E-state index is 13.0. The van der Waals surface area contributed by atoms with Gasteiger partial charge in [0.15, 0.2) is 0 Å². The Morgan fingerprint density at radius 1 is 1.12 bits per heavy atom. The summed E-state index contributed by atoms with van der Waals surface area (Å²) in [6.07, 6.45) is 0. The molecule has 0 amide bonds. The number of hydrogen-bond donors (Lipinski definition) is 4. The van der Waals surface area contributed by atoms with Gasteiger partial charge in [-0.25, -0.2) is 4.39 Å². The van der Waals surface area contributed by atoms with Gasteiger partial charge in [-0.05, 0) is 18.2 Å². The Balaban J connectivity index is 0.00000108. The van der Waals surface area contributed by atoms with Crippen molar-refractivity contribution in [3.05, 3.63) is 35.8 Å². The van der Waals surface area contributed by atoms with Gasteiger partial charge in [-0.3, -0.25) is 0 Å². The van der Waals surface area contributed by atoms with Crippen LogP contribution in [0.5, 0.6) is 0 Å². The molecular weight excluding hydrogens is 247 g/mol. The molecule has 0 saturated carbocycles. The molecule has 17 heavy (non-hydrogen) atoms. The predicted octanol–water partition coefficient (Wildman–Crippen LogP) is 2.30. The summed E-state index contributed by atoms with van der Waals surface area (Å²) in [6, 6.07) is 4.40. The molecule has 2 aromatic rings. The molecule has 0 fully saturated rings. The molecule has 7 heteroatoms. The van der Waals surface area contributed by atoms with Crippen LogP contribution in [0.15, 0.2) is 30.0 Å². The highest BCUT2D eigenvalue weighted by Gasteiger charge is 2.21. The number of aliphatic hydroxyl groups is 2. The molecule has 0 bridgehead atoms. The lowest BCUT2D eigenvalue weighted by molar-refractivity contribution is 0.333. The van der Waals surface area contributed by atoms with Gasteiger partial charge in [-0.2, -0.15) is 0 Å². The Morgan fingerprint density at radius 3 is 2.59 bits per heavy atom. The van der Waals surface area contributed by atoms with Crippen molar-refractivity contribution in [2.45, 2.75) is 0 Å². The normalized spacial score (nSPS) is 13.7. The van der Waals surface area contributed by atoms with Gasteiger partial charge in [0.05, 0.1) is 5.69 Å². The van der Waals surface area contributed by atoms with Gasteiger partial charge in [0.2, 0.25) is 0 Å².